The summed E-state index contributed by atoms with van der Waals surface area (Å²) in [7, 11) is 0. The Hall–Kier alpha value is -2.52. The number of hydrogen-bond donors (Lipinski definition) is 1. The Bertz CT molecular complexity index is 932. The first-order valence-electron chi connectivity index (χ1n) is 8.55. The lowest BCUT2D eigenvalue weighted by Gasteiger charge is -2.19. The number of carbonyl (C=O) groups excluding carboxylic acids is 1. The van der Waals surface area contributed by atoms with Crippen molar-refractivity contribution in [3.05, 3.63) is 71.2 Å². The molecular weight excluding hydrogens is 332 g/mol. The third-order valence-electron chi connectivity index (χ3n) is 4.66. The highest BCUT2D eigenvalue weighted by Crippen LogP contribution is 2.31. The minimum Gasteiger partial charge on any atom is -0.370 e. The molecule has 4 rings (SSSR count). The molecule has 3 nitrogen and oxygen atoms in total. The molecule has 1 amide bonds. The maximum atomic E-state index is 12.5. The summed E-state index contributed by atoms with van der Waals surface area (Å²) in [5.41, 5.74) is 2.40. The van der Waals surface area contributed by atoms with Gasteiger partial charge in [0.25, 0.3) is 5.91 Å². The number of rotatable bonds is 3. The van der Waals surface area contributed by atoms with E-state index in [1.807, 2.05) is 60.7 Å². The average molecular weight is 351 g/mol. The fraction of sp³-hybridized carbons (Fsp3) is 0.190. The molecule has 0 spiro atoms. The molecule has 0 unspecified atom stereocenters. The number of nitrogens with zero attached hydrogens (tertiary/aromatic N) is 1. The number of nitrogens with one attached hydrogen (secondary N) is 1. The first kappa shape index (κ1) is 16.0. The van der Waals surface area contributed by atoms with Crippen LogP contribution >= 0.6 is 11.6 Å². The third-order valence-corrected chi connectivity index (χ3v) is 4.97. The summed E-state index contributed by atoms with van der Waals surface area (Å²) >= 11 is 6.42. The molecule has 1 heterocycles. The van der Waals surface area contributed by atoms with Gasteiger partial charge in [-0.15, -0.1) is 0 Å². The zero-order chi connectivity index (χ0) is 17.2. The van der Waals surface area contributed by atoms with Crippen LogP contribution in [0.4, 0.5) is 11.4 Å². The minimum atomic E-state index is -0.129. The summed E-state index contributed by atoms with van der Waals surface area (Å²) in [6.45, 7) is 2.09. The Morgan fingerprint density at radius 1 is 0.920 bits per heavy atom. The van der Waals surface area contributed by atoms with Crippen LogP contribution in [0.5, 0.6) is 0 Å². The van der Waals surface area contributed by atoms with E-state index in [-0.39, 0.29) is 5.91 Å². The van der Waals surface area contributed by atoms with E-state index in [1.165, 1.54) is 12.8 Å². The van der Waals surface area contributed by atoms with E-state index >= 15 is 0 Å². The molecule has 0 radical (unpaired) electrons. The third kappa shape index (κ3) is 3.33. The van der Waals surface area contributed by atoms with Crippen molar-refractivity contribution in [3.8, 4) is 0 Å². The topological polar surface area (TPSA) is 32.3 Å². The lowest BCUT2D eigenvalue weighted by atomic mass is 10.1. The molecule has 0 atom stereocenters. The SMILES string of the molecule is O=C(Nc1ccc(N2CCCC2)c(Cl)c1)c1ccc2ccccc2c1. The zero-order valence-electron chi connectivity index (χ0n) is 13.8. The van der Waals surface area contributed by atoms with Crippen LogP contribution in [0.25, 0.3) is 10.8 Å². The normalized spacial score (nSPS) is 14.0. The molecule has 1 N–H and O–H groups in total. The Morgan fingerprint density at radius 3 is 2.44 bits per heavy atom. The van der Waals surface area contributed by atoms with Crippen molar-refractivity contribution in [2.45, 2.75) is 12.8 Å². The van der Waals surface area contributed by atoms with Crippen molar-refractivity contribution >= 4 is 39.7 Å². The van der Waals surface area contributed by atoms with Crippen LogP contribution in [0.1, 0.15) is 23.2 Å². The van der Waals surface area contributed by atoms with Crippen molar-refractivity contribution in [1.82, 2.24) is 0 Å². The number of carbonyl (C=O) groups is 1. The van der Waals surface area contributed by atoms with E-state index in [0.717, 1.165) is 29.5 Å². The van der Waals surface area contributed by atoms with E-state index in [2.05, 4.69) is 10.2 Å². The fourth-order valence-corrected chi connectivity index (χ4v) is 3.63. The van der Waals surface area contributed by atoms with Gasteiger partial charge in [0.1, 0.15) is 0 Å². The lowest BCUT2D eigenvalue weighted by Crippen LogP contribution is -2.18. The van der Waals surface area contributed by atoms with Crippen LogP contribution in [0.15, 0.2) is 60.7 Å². The Labute approximate surface area is 152 Å². The van der Waals surface area contributed by atoms with Crippen molar-refractivity contribution in [2.24, 2.45) is 0 Å². The van der Waals surface area contributed by atoms with E-state index in [4.69, 9.17) is 11.6 Å². The fourth-order valence-electron chi connectivity index (χ4n) is 3.33. The van der Waals surface area contributed by atoms with Crippen LogP contribution in [0.3, 0.4) is 0 Å². The van der Waals surface area contributed by atoms with Crippen LogP contribution in [-0.4, -0.2) is 19.0 Å². The molecule has 0 aliphatic carbocycles. The highest BCUT2D eigenvalue weighted by atomic mass is 35.5. The quantitative estimate of drug-likeness (QED) is 0.691. The first-order valence-corrected chi connectivity index (χ1v) is 8.93. The second-order valence-corrected chi connectivity index (χ2v) is 6.78. The van der Waals surface area contributed by atoms with Gasteiger partial charge in [-0.3, -0.25) is 4.79 Å². The summed E-state index contributed by atoms with van der Waals surface area (Å²) in [5.74, 6) is -0.129. The molecule has 1 saturated heterocycles. The number of fused-ring (bicyclic) bond motifs is 1. The minimum absolute atomic E-state index is 0.129. The van der Waals surface area contributed by atoms with Gasteiger partial charge in [-0.2, -0.15) is 0 Å². The van der Waals surface area contributed by atoms with Crippen LogP contribution in [0.2, 0.25) is 5.02 Å². The van der Waals surface area contributed by atoms with Crippen molar-refractivity contribution in [3.63, 3.8) is 0 Å². The largest absolute Gasteiger partial charge is 0.370 e. The van der Waals surface area contributed by atoms with E-state index in [9.17, 15) is 4.79 Å². The van der Waals surface area contributed by atoms with Gasteiger partial charge in [0.05, 0.1) is 10.7 Å². The summed E-state index contributed by atoms with van der Waals surface area (Å²) < 4.78 is 0. The highest BCUT2D eigenvalue weighted by molar-refractivity contribution is 6.33. The molecule has 126 valence electrons. The molecule has 0 saturated carbocycles. The van der Waals surface area contributed by atoms with Crippen molar-refractivity contribution < 1.29 is 4.79 Å². The molecule has 3 aromatic carbocycles. The average Bonchev–Trinajstić information content (AvgIpc) is 3.15. The molecule has 1 aliphatic heterocycles. The lowest BCUT2D eigenvalue weighted by molar-refractivity contribution is 0.102. The van der Waals surface area contributed by atoms with Gasteiger partial charge >= 0.3 is 0 Å². The second kappa shape index (κ2) is 6.77. The highest BCUT2D eigenvalue weighted by Gasteiger charge is 2.16. The van der Waals surface area contributed by atoms with Crippen LogP contribution in [0, 0.1) is 0 Å². The van der Waals surface area contributed by atoms with Gasteiger partial charge in [-0.1, -0.05) is 41.9 Å². The summed E-state index contributed by atoms with van der Waals surface area (Å²) in [6, 6.07) is 19.5. The number of anilines is 2. The number of halogens is 1. The van der Waals surface area contributed by atoms with E-state index in [1.54, 1.807) is 0 Å². The van der Waals surface area contributed by atoms with Gasteiger partial charge < -0.3 is 10.2 Å². The van der Waals surface area contributed by atoms with Crippen LogP contribution < -0.4 is 10.2 Å². The smallest absolute Gasteiger partial charge is 0.255 e. The molecule has 25 heavy (non-hydrogen) atoms. The predicted molar refractivity (Wildman–Crippen MR) is 105 cm³/mol. The van der Waals surface area contributed by atoms with Gasteiger partial charge in [-0.25, -0.2) is 0 Å². The van der Waals surface area contributed by atoms with E-state index in [0.29, 0.717) is 16.3 Å². The molecule has 1 aliphatic rings. The summed E-state index contributed by atoms with van der Waals surface area (Å²) in [5, 5.41) is 5.79. The molecule has 0 aromatic heterocycles. The number of hydrogen-bond acceptors (Lipinski definition) is 2. The molecular formula is C21H19ClN2O. The van der Waals surface area contributed by atoms with E-state index < -0.39 is 0 Å². The second-order valence-electron chi connectivity index (χ2n) is 6.38. The van der Waals surface area contributed by atoms with Gasteiger partial charge in [0, 0.05) is 24.3 Å². The summed E-state index contributed by atoms with van der Waals surface area (Å²) in [6.07, 6.45) is 2.41. The first-order chi connectivity index (χ1) is 12.2. The number of amides is 1. The molecule has 0 bridgehead atoms. The van der Waals surface area contributed by atoms with Crippen LogP contribution in [-0.2, 0) is 0 Å². The maximum absolute atomic E-state index is 12.5. The maximum Gasteiger partial charge on any atom is 0.255 e. The Morgan fingerprint density at radius 2 is 1.68 bits per heavy atom. The molecule has 4 heteroatoms. The number of benzene rings is 3. The van der Waals surface area contributed by atoms with Gasteiger partial charge in [0.15, 0.2) is 0 Å². The molecule has 3 aromatic rings. The monoisotopic (exact) mass is 350 g/mol. The molecule has 1 fully saturated rings. The Balaban J connectivity index is 1.54. The summed E-state index contributed by atoms with van der Waals surface area (Å²) in [4.78, 5) is 14.8. The zero-order valence-corrected chi connectivity index (χ0v) is 14.6. The van der Waals surface area contributed by atoms with Crippen molar-refractivity contribution in [1.29, 1.82) is 0 Å². The predicted octanol–water partition coefficient (Wildman–Crippen LogP) is 5.35. The standard InChI is InChI=1S/C21H19ClN2O/c22-19-14-18(9-10-20(19)24-11-3-4-12-24)23-21(25)17-8-7-15-5-1-2-6-16(15)13-17/h1-2,5-10,13-14H,3-4,11-12H2,(H,23,25). The van der Waals surface area contributed by atoms with Gasteiger partial charge in [-0.05, 0) is 53.9 Å². The van der Waals surface area contributed by atoms with Gasteiger partial charge in [0.2, 0.25) is 0 Å². The van der Waals surface area contributed by atoms with Crippen molar-refractivity contribution in [2.75, 3.05) is 23.3 Å². The Kier molecular flexibility index (Phi) is 4.33.